The molecule has 0 saturated heterocycles. The average Bonchev–Trinajstić information content (AvgIpc) is 2.03. The Morgan fingerprint density at radius 1 is 1.50 bits per heavy atom. The molecule has 0 N–H and O–H groups in total. The predicted octanol–water partition coefficient (Wildman–Crippen LogP) is 3.29. The second-order valence-corrected chi connectivity index (χ2v) is 10.0. The molecule has 0 aliphatic heterocycles. The minimum absolute atomic E-state index is 0.136. The van der Waals surface area contributed by atoms with Crippen LogP contribution in [0.25, 0.3) is 0 Å². The van der Waals surface area contributed by atoms with E-state index < -0.39 is 8.32 Å². The lowest BCUT2D eigenvalue weighted by Gasteiger charge is -2.27. The van der Waals surface area contributed by atoms with Crippen LogP contribution < -0.4 is 0 Å². The van der Waals surface area contributed by atoms with E-state index in [1.54, 1.807) is 6.92 Å². The van der Waals surface area contributed by atoms with Crippen molar-refractivity contribution in [3.8, 4) is 0 Å². The van der Waals surface area contributed by atoms with Gasteiger partial charge in [-0.3, -0.25) is 4.79 Å². The molecule has 84 valence electrons. The van der Waals surface area contributed by atoms with Crippen LogP contribution in [-0.4, -0.2) is 25.2 Å². The summed E-state index contributed by atoms with van der Waals surface area (Å²) in [4.78, 5) is 12.0. The molecule has 0 bridgehead atoms. The number of carbonyl (C=O) groups is 1. The summed E-state index contributed by atoms with van der Waals surface area (Å²) in [6.45, 7) is 8.10. The molecule has 0 rings (SSSR count). The molecule has 0 aromatic heterocycles. The van der Waals surface area contributed by atoms with Gasteiger partial charge in [-0.25, -0.2) is 0 Å². The maximum Gasteiger partial charge on any atom is 0.197 e. The van der Waals surface area contributed by atoms with Crippen molar-refractivity contribution in [2.75, 3.05) is 4.95 Å². The Hall–Kier alpha value is 0.327. The van der Waals surface area contributed by atoms with Crippen LogP contribution in [0.4, 0.5) is 0 Å². The maximum absolute atomic E-state index is 11.0. The molecule has 1 atom stereocenters. The van der Waals surface area contributed by atoms with E-state index >= 15 is 0 Å². The Morgan fingerprint density at radius 2 is 2.07 bits per heavy atom. The van der Waals surface area contributed by atoms with Gasteiger partial charge in [0.15, 0.2) is 8.32 Å². The van der Waals surface area contributed by atoms with Crippen molar-refractivity contribution in [1.82, 2.24) is 0 Å². The standard InChI is InChI=1S/C10H21BrO2Si/c1-5-6-10(7-9(2)12)13-14(3,4)8-11/h10H,5-8H2,1-4H3/t10-/m0/s1. The number of hydrogen-bond acceptors (Lipinski definition) is 2. The van der Waals surface area contributed by atoms with Gasteiger partial charge in [-0.05, 0) is 26.4 Å². The normalized spacial score (nSPS) is 14.1. The Balaban J connectivity index is 4.14. The fourth-order valence-electron chi connectivity index (χ4n) is 1.33. The van der Waals surface area contributed by atoms with Gasteiger partial charge in [-0.2, -0.15) is 0 Å². The Morgan fingerprint density at radius 3 is 2.43 bits per heavy atom. The van der Waals surface area contributed by atoms with E-state index in [0.29, 0.717) is 6.42 Å². The zero-order valence-electron chi connectivity index (χ0n) is 9.60. The molecule has 4 heteroatoms. The zero-order valence-corrected chi connectivity index (χ0v) is 12.2. The first-order chi connectivity index (χ1) is 6.41. The monoisotopic (exact) mass is 280 g/mol. The van der Waals surface area contributed by atoms with Gasteiger partial charge in [0.25, 0.3) is 0 Å². The van der Waals surface area contributed by atoms with Gasteiger partial charge in [0, 0.05) is 11.4 Å². The molecular formula is C10H21BrO2Si. The quantitative estimate of drug-likeness (QED) is 0.529. The minimum atomic E-state index is -1.58. The van der Waals surface area contributed by atoms with Crippen molar-refractivity contribution >= 4 is 30.0 Å². The Kier molecular flexibility index (Phi) is 6.90. The fourth-order valence-corrected chi connectivity index (χ4v) is 2.89. The maximum atomic E-state index is 11.0. The van der Waals surface area contributed by atoms with Crippen molar-refractivity contribution in [3.05, 3.63) is 0 Å². The molecule has 0 amide bonds. The highest BCUT2D eigenvalue weighted by atomic mass is 79.9. The molecule has 14 heavy (non-hydrogen) atoms. The van der Waals surface area contributed by atoms with Gasteiger partial charge in [-0.1, -0.05) is 29.3 Å². The SMILES string of the molecule is CCC[C@@H](CC(C)=O)O[Si](C)(C)CBr. The van der Waals surface area contributed by atoms with E-state index in [0.717, 1.165) is 17.8 Å². The van der Waals surface area contributed by atoms with Gasteiger partial charge in [0.05, 0.1) is 6.10 Å². The van der Waals surface area contributed by atoms with Crippen LogP contribution in [0.2, 0.25) is 13.1 Å². The second-order valence-electron chi connectivity index (χ2n) is 4.33. The lowest BCUT2D eigenvalue weighted by Crippen LogP contribution is -2.38. The van der Waals surface area contributed by atoms with Gasteiger partial charge >= 0.3 is 0 Å². The lowest BCUT2D eigenvalue weighted by atomic mass is 10.1. The first-order valence-corrected chi connectivity index (χ1v) is 9.38. The third kappa shape index (κ3) is 6.73. The zero-order chi connectivity index (χ0) is 11.2. The van der Waals surface area contributed by atoms with E-state index in [1.807, 2.05) is 0 Å². The van der Waals surface area contributed by atoms with Crippen LogP contribution in [0.1, 0.15) is 33.1 Å². The molecule has 2 nitrogen and oxygen atoms in total. The number of carbonyl (C=O) groups excluding carboxylic acids is 1. The van der Waals surface area contributed by atoms with Gasteiger partial charge in [-0.15, -0.1) is 0 Å². The van der Waals surface area contributed by atoms with Crippen molar-refractivity contribution in [1.29, 1.82) is 0 Å². The van der Waals surface area contributed by atoms with Crippen LogP contribution >= 0.6 is 15.9 Å². The Bertz CT molecular complexity index is 183. The third-order valence-electron chi connectivity index (χ3n) is 1.93. The number of hydrogen-bond donors (Lipinski definition) is 0. The molecule has 0 saturated carbocycles. The van der Waals surface area contributed by atoms with Gasteiger partial charge < -0.3 is 4.43 Å². The fraction of sp³-hybridized carbons (Fsp3) is 0.900. The molecule has 0 heterocycles. The van der Waals surface area contributed by atoms with Crippen LogP contribution in [-0.2, 0) is 9.22 Å². The summed E-state index contributed by atoms with van der Waals surface area (Å²) < 4.78 is 6.01. The minimum Gasteiger partial charge on any atom is -0.413 e. The highest BCUT2D eigenvalue weighted by Gasteiger charge is 2.25. The average molecular weight is 281 g/mol. The van der Waals surface area contributed by atoms with Crippen LogP contribution in [0.15, 0.2) is 0 Å². The molecule has 0 spiro atoms. The molecule has 0 aromatic carbocycles. The van der Waals surface area contributed by atoms with Crippen molar-refractivity contribution in [2.45, 2.75) is 52.3 Å². The number of rotatable bonds is 7. The summed E-state index contributed by atoms with van der Waals surface area (Å²) in [6.07, 6.45) is 2.77. The third-order valence-corrected chi connectivity index (χ3v) is 7.60. The number of halogens is 1. The summed E-state index contributed by atoms with van der Waals surface area (Å²) in [7, 11) is -1.58. The molecule has 0 fully saturated rings. The summed E-state index contributed by atoms with van der Waals surface area (Å²) in [5.74, 6) is 0.225. The molecule has 0 aliphatic rings. The van der Waals surface area contributed by atoms with Crippen molar-refractivity contribution in [3.63, 3.8) is 0 Å². The first-order valence-electron chi connectivity index (χ1n) is 5.14. The lowest BCUT2D eigenvalue weighted by molar-refractivity contribution is -0.118. The Labute approximate surface area is 96.7 Å². The highest BCUT2D eigenvalue weighted by Crippen LogP contribution is 2.16. The van der Waals surface area contributed by atoms with E-state index in [-0.39, 0.29) is 11.9 Å². The summed E-state index contributed by atoms with van der Waals surface area (Å²) in [5, 5.41) is 0. The molecule has 0 radical (unpaired) electrons. The molecular weight excluding hydrogens is 260 g/mol. The van der Waals surface area contributed by atoms with Crippen molar-refractivity contribution < 1.29 is 9.22 Å². The predicted molar refractivity (Wildman–Crippen MR) is 66.4 cm³/mol. The van der Waals surface area contributed by atoms with Gasteiger partial charge in [0.1, 0.15) is 5.78 Å². The molecule has 0 aliphatic carbocycles. The van der Waals surface area contributed by atoms with E-state index in [4.69, 9.17) is 4.43 Å². The summed E-state index contributed by atoms with van der Waals surface area (Å²) in [6, 6.07) is 0. The van der Waals surface area contributed by atoms with Gasteiger partial charge in [0.2, 0.25) is 0 Å². The topological polar surface area (TPSA) is 26.3 Å². The largest absolute Gasteiger partial charge is 0.413 e. The number of ketones is 1. The van der Waals surface area contributed by atoms with E-state index in [9.17, 15) is 4.79 Å². The van der Waals surface area contributed by atoms with Crippen LogP contribution in [0.3, 0.4) is 0 Å². The summed E-state index contributed by atoms with van der Waals surface area (Å²) in [5.41, 5.74) is 0. The smallest absolute Gasteiger partial charge is 0.197 e. The summed E-state index contributed by atoms with van der Waals surface area (Å²) >= 11 is 3.47. The van der Waals surface area contributed by atoms with Crippen LogP contribution in [0, 0.1) is 0 Å². The number of Topliss-reactive ketones (excluding diaryl/α,β-unsaturated/α-hetero) is 1. The molecule has 0 unspecified atom stereocenters. The first kappa shape index (κ1) is 14.3. The molecule has 0 aromatic rings. The van der Waals surface area contributed by atoms with E-state index in [2.05, 4.69) is 35.9 Å². The highest BCUT2D eigenvalue weighted by molar-refractivity contribution is 9.09. The number of alkyl halides is 1. The van der Waals surface area contributed by atoms with Crippen molar-refractivity contribution in [2.24, 2.45) is 0 Å². The van der Waals surface area contributed by atoms with E-state index in [1.165, 1.54) is 0 Å². The second kappa shape index (κ2) is 6.75. The van der Waals surface area contributed by atoms with Crippen LogP contribution in [0.5, 0.6) is 0 Å².